The van der Waals surface area contributed by atoms with Crippen molar-refractivity contribution in [3.8, 4) is 5.75 Å². The summed E-state index contributed by atoms with van der Waals surface area (Å²) in [4.78, 5) is 13.4. The normalized spacial score (nSPS) is 10.5. The van der Waals surface area contributed by atoms with E-state index in [0.717, 1.165) is 10.6 Å². The summed E-state index contributed by atoms with van der Waals surface area (Å²) < 4.78 is 32.5. The van der Waals surface area contributed by atoms with E-state index in [-0.39, 0.29) is 11.4 Å². The van der Waals surface area contributed by atoms with E-state index in [1.807, 2.05) is 30.3 Å². The number of rotatable bonds is 7. The number of hydrogen-bond donors (Lipinski definition) is 2. The Morgan fingerprint density at radius 2 is 1.56 bits per heavy atom. The molecule has 27 heavy (non-hydrogen) atoms. The molecule has 0 fully saturated rings. The lowest BCUT2D eigenvalue weighted by atomic mass is 10.2. The molecule has 0 aliphatic rings. The van der Waals surface area contributed by atoms with Crippen molar-refractivity contribution in [2.75, 3.05) is 10.0 Å². The van der Waals surface area contributed by atoms with Gasteiger partial charge in [-0.25, -0.2) is 0 Å². The van der Waals surface area contributed by atoms with Crippen molar-refractivity contribution in [2.24, 2.45) is 0 Å². The Balaban J connectivity index is 1.62. The minimum atomic E-state index is -2.96. The Bertz CT molecular complexity index is 890. The molecule has 0 unspecified atom stereocenters. The summed E-state index contributed by atoms with van der Waals surface area (Å²) in [6.07, 6.45) is 0. The molecule has 7 heteroatoms. The summed E-state index contributed by atoms with van der Waals surface area (Å²) in [5.74, 6) is -0.499. The van der Waals surface area contributed by atoms with Gasteiger partial charge in [0.2, 0.25) is 0 Å². The standard InChI is InChI=1S/C20H16F2N2O2S/c21-20(22)26-18-9-5-4-8-17(18)23-19(25)14-10-12-15(13-11-14)24-27-16-6-2-1-3-7-16/h1-13,20,24H,(H,23,25). The van der Waals surface area contributed by atoms with Crippen LogP contribution in [0.5, 0.6) is 5.75 Å². The number of halogens is 2. The Morgan fingerprint density at radius 1 is 0.889 bits per heavy atom. The van der Waals surface area contributed by atoms with Gasteiger partial charge in [0.25, 0.3) is 5.91 Å². The van der Waals surface area contributed by atoms with Crippen LogP contribution in [-0.4, -0.2) is 12.5 Å². The number of anilines is 2. The van der Waals surface area contributed by atoms with Crippen molar-refractivity contribution in [1.82, 2.24) is 0 Å². The van der Waals surface area contributed by atoms with E-state index in [4.69, 9.17) is 0 Å². The average Bonchev–Trinajstić information content (AvgIpc) is 2.69. The molecule has 0 heterocycles. The highest BCUT2D eigenvalue weighted by Gasteiger charge is 2.12. The average molecular weight is 386 g/mol. The molecule has 4 nitrogen and oxygen atoms in total. The van der Waals surface area contributed by atoms with Crippen LogP contribution in [0.4, 0.5) is 20.2 Å². The minimum Gasteiger partial charge on any atom is -0.433 e. The second kappa shape index (κ2) is 9.05. The van der Waals surface area contributed by atoms with Gasteiger partial charge in [-0.2, -0.15) is 8.78 Å². The molecular weight excluding hydrogens is 370 g/mol. The van der Waals surface area contributed by atoms with Crippen LogP contribution in [0.15, 0.2) is 83.8 Å². The highest BCUT2D eigenvalue weighted by molar-refractivity contribution is 8.00. The van der Waals surface area contributed by atoms with Crippen molar-refractivity contribution >= 4 is 29.2 Å². The summed E-state index contributed by atoms with van der Waals surface area (Å²) in [5, 5.41) is 2.59. The van der Waals surface area contributed by atoms with Crippen molar-refractivity contribution < 1.29 is 18.3 Å². The number of ether oxygens (including phenoxy) is 1. The molecule has 0 aliphatic carbocycles. The molecule has 1 amide bonds. The van der Waals surface area contributed by atoms with Gasteiger partial charge in [0.05, 0.1) is 5.69 Å². The van der Waals surface area contributed by atoms with Gasteiger partial charge in [-0.05, 0) is 60.5 Å². The molecule has 3 rings (SSSR count). The van der Waals surface area contributed by atoms with Crippen molar-refractivity contribution in [2.45, 2.75) is 11.5 Å². The van der Waals surface area contributed by atoms with Crippen LogP contribution in [0.25, 0.3) is 0 Å². The summed E-state index contributed by atoms with van der Waals surface area (Å²) in [7, 11) is 0. The number of carbonyl (C=O) groups excluding carboxylic acids is 1. The SMILES string of the molecule is O=C(Nc1ccccc1OC(F)F)c1ccc(NSc2ccccc2)cc1. The van der Waals surface area contributed by atoms with Crippen LogP contribution in [0.3, 0.4) is 0 Å². The lowest BCUT2D eigenvalue weighted by Crippen LogP contribution is -2.13. The first kappa shape index (κ1) is 18.7. The molecule has 0 saturated carbocycles. The van der Waals surface area contributed by atoms with Crippen molar-refractivity contribution in [3.05, 3.63) is 84.4 Å². The Labute approximate surface area is 159 Å². The molecule has 0 aromatic heterocycles. The lowest BCUT2D eigenvalue weighted by molar-refractivity contribution is -0.0493. The molecule has 0 aliphatic heterocycles. The van der Waals surface area contributed by atoms with Gasteiger partial charge in [-0.15, -0.1) is 0 Å². The molecule has 0 saturated heterocycles. The van der Waals surface area contributed by atoms with Gasteiger partial charge in [-0.3, -0.25) is 4.79 Å². The molecule has 0 bridgehead atoms. The predicted octanol–water partition coefficient (Wildman–Crippen LogP) is 5.66. The van der Waals surface area contributed by atoms with Gasteiger partial charge in [0.15, 0.2) is 0 Å². The van der Waals surface area contributed by atoms with E-state index >= 15 is 0 Å². The van der Waals surface area contributed by atoms with Gasteiger partial charge >= 0.3 is 6.61 Å². The molecule has 3 aromatic carbocycles. The van der Waals surface area contributed by atoms with E-state index in [0.29, 0.717) is 5.56 Å². The van der Waals surface area contributed by atoms with Crippen LogP contribution in [0.2, 0.25) is 0 Å². The van der Waals surface area contributed by atoms with Crippen LogP contribution in [0, 0.1) is 0 Å². The maximum absolute atomic E-state index is 12.5. The lowest BCUT2D eigenvalue weighted by Gasteiger charge is -2.12. The predicted molar refractivity (Wildman–Crippen MR) is 103 cm³/mol. The smallest absolute Gasteiger partial charge is 0.387 e. The van der Waals surface area contributed by atoms with Gasteiger partial charge < -0.3 is 14.8 Å². The molecule has 0 atom stereocenters. The third-order valence-electron chi connectivity index (χ3n) is 3.53. The first-order valence-electron chi connectivity index (χ1n) is 8.05. The maximum Gasteiger partial charge on any atom is 0.387 e. The highest BCUT2D eigenvalue weighted by atomic mass is 32.2. The fourth-order valence-electron chi connectivity index (χ4n) is 2.26. The topological polar surface area (TPSA) is 50.4 Å². The number of carbonyl (C=O) groups is 1. The first-order chi connectivity index (χ1) is 13.1. The zero-order chi connectivity index (χ0) is 19.1. The van der Waals surface area contributed by atoms with E-state index in [9.17, 15) is 13.6 Å². The third kappa shape index (κ3) is 5.46. The third-order valence-corrected chi connectivity index (χ3v) is 4.37. The van der Waals surface area contributed by atoms with Crippen LogP contribution in [-0.2, 0) is 0 Å². The van der Waals surface area contributed by atoms with E-state index in [1.54, 1.807) is 36.4 Å². The number of hydrogen-bond acceptors (Lipinski definition) is 4. The number of benzene rings is 3. The van der Waals surface area contributed by atoms with Crippen molar-refractivity contribution in [1.29, 1.82) is 0 Å². The number of nitrogens with one attached hydrogen (secondary N) is 2. The van der Waals surface area contributed by atoms with Gasteiger partial charge in [0.1, 0.15) is 5.75 Å². The second-order valence-corrected chi connectivity index (χ2v) is 6.30. The van der Waals surface area contributed by atoms with Crippen LogP contribution < -0.4 is 14.8 Å². The van der Waals surface area contributed by atoms with E-state index in [2.05, 4.69) is 14.8 Å². The zero-order valence-corrected chi connectivity index (χ0v) is 14.9. The summed E-state index contributed by atoms with van der Waals surface area (Å²) in [5.41, 5.74) is 1.42. The highest BCUT2D eigenvalue weighted by Crippen LogP contribution is 2.26. The molecule has 0 spiro atoms. The first-order valence-corrected chi connectivity index (χ1v) is 8.86. The van der Waals surface area contributed by atoms with Gasteiger partial charge in [-0.1, -0.05) is 30.3 Å². The quantitative estimate of drug-likeness (QED) is 0.515. The zero-order valence-electron chi connectivity index (χ0n) is 14.1. The van der Waals surface area contributed by atoms with Crippen LogP contribution in [0.1, 0.15) is 10.4 Å². The Hall–Kier alpha value is -3.06. The molecule has 138 valence electrons. The molecular formula is C20H16F2N2O2S. The summed E-state index contributed by atoms with van der Waals surface area (Å²) >= 11 is 1.46. The molecule has 2 N–H and O–H groups in total. The molecule has 3 aromatic rings. The maximum atomic E-state index is 12.5. The fourth-order valence-corrected chi connectivity index (χ4v) is 2.92. The van der Waals surface area contributed by atoms with Crippen LogP contribution >= 0.6 is 11.9 Å². The number of alkyl halides is 2. The Morgan fingerprint density at radius 3 is 2.26 bits per heavy atom. The Kier molecular flexibility index (Phi) is 6.27. The van der Waals surface area contributed by atoms with Gasteiger partial charge in [0, 0.05) is 16.1 Å². The second-order valence-electron chi connectivity index (χ2n) is 5.42. The molecule has 0 radical (unpaired) electrons. The minimum absolute atomic E-state index is 0.0848. The van der Waals surface area contributed by atoms with Crippen molar-refractivity contribution in [3.63, 3.8) is 0 Å². The number of para-hydroxylation sites is 2. The largest absolute Gasteiger partial charge is 0.433 e. The fraction of sp³-hybridized carbons (Fsp3) is 0.0500. The summed E-state index contributed by atoms with van der Waals surface area (Å²) in [6, 6.07) is 22.7. The van der Waals surface area contributed by atoms with E-state index in [1.165, 1.54) is 24.1 Å². The van der Waals surface area contributed by atoms with E-state index < -0.39 is 12.5 Å². The monoisotopic (exact) mass is 386 g/mol. The number of amides is 1. The summed E-state index contributed by atoms with van der Waals surface area (Å²) in [6.45, 7) is -2.96.